The van der Waals surface area contributed by atoms with Crippen LogP contribution >= 0.6 is 12.6 Å². The zero-order chi connectivity index (χ0) is 10.3. The Hall–Kier alpha value is -1.21. The van der Waals surface area contributed by atoms with Crippen LogP contribution in [-0.4, -0.2) is 0 Å². The van der Waals surface area contributed by atoms with Crippen molar-refractivity contribution in [3.63, 3.8) is 0 Å². The molecule has 0 aromatic heterocycles. The SMILES string of the molecule is SC1c2ccccc2Cc2ccccc21. The summed E-state index contributed by atoms with van der Waals surface area (Å²) >= 11 is 4.72. The molecule has 0 atom stereocenters. The molecule has 0 bridgehead atoms. The maximum atomic E-state index is 4.72. The molecule has 0 saturated heterocycles. The zero-order valence-corrected chi connectivity index (χ0v) is 9.24. The van der Waals surface area contributed by atoms with Gasteiger partial charge in [0.2, 0.25) is 0 Å². The second-order valence-electron chi connectivity index (χ2n) is 3.98. The normalized spacial score (nSPS) is 14.5. The van der Waals surface area contributed by atoms with Crippen LogP contribution in [0.3, 0.4) is 0 Å². The largest absolute Gasteiger partial charge is 0.166 e. The Labute approximate surface area is 95.4 Å². The van der Waals surface area contributed by atoms with Gasteiger partial charge in [0.25, 0.3) is 0 Å². The van der Waals surface area contributed by atoms with Crippen LogP contribution in [0.25, 0.3) is 0 Å². The van der Waals surface area contributed by atoms with Gasteiger partial charge in [0.1, 0.15) is 0 Å². The maximum Gasteiger partial charge on any atom is 0.0522 e. The van der Waals surface area contributed by atoms with Gasteiger partial charge in [-0.15, -0.1) is 0 Å². The fourth-order valence-corrected chi connectivity index (χ4v) is 2.80. The van der Waals surface area contributed by atoms with Crippen molar-refractivity contribution in [1.82, 2.24) is 0 Å². The molecule has 74 valence electrons. The lowest BCUT2D eigenvalue weighted by Crippen LogP contribution is -2.09. The van der Waals surface area contributed by atoms with E-state index in [0.29, 0.717) is 0 Å². The Kier molecular flexibility index (Phi) is 2.06. The van der Waals surface area contributed by atoms with Crippen LogP contribution in [0, 0.1) is 0 Å². The smallest absolute Gasteiger partial charge is 0.0522 e. The van der Waals surface area contributed by atoms with Crippen molar-refractivity contribution in [1.29, 1.82) is 0 Å². The average molecular weight is 212 g/mol. The van der Waals surface area contributed by atoms with E-state index in [9.17, 15) is 0 Å². The number of hydrogen-bond donors (Lipinski definition) is 1. The summed E-state index contributed by atoms with van der Waals surface area (Å²) in [5, 5.41) is 0.242. The molecule has 0 amide bonds. The predicted octanol–water partition coefficient (Wildman–Crippen LogP) is 3.61. The molecule has 1 heteroatoms. The van der Waals surface area contributed by atoms with E-state index in [4.69, 9.17) is 12.6 Å². The minimum absolute atomic E-state index is 0.242. The molecule has 1 aliphatic rings. The van der Waals surface area contributed by atoms with E-state index >= 15 is 0 Å². The molecule has 0 radical (unpaired) electrons. The van der Waals surface area contributed by atoms with Crippen molar-refractivity contribution >= 4 is 12.6 Å². The van der Waals surface area contributed by atoms with Crippen molar-refractivity contribution in [2.45, 2.75) is 11.7 Å². The lowest BCUT2D eigenvalue weighted by atomic mass is 9.86. The van der Waals surface area contributed by atoms with E-state index in [-0.39, 0.29) is 5.25 Å². The lowest BCUT2D eigenvalue weighted by molar-refractivity contribution is 0.989. The summed E-state index contributed by atoms with van der Waals surface area (Å²) in [6, 6.07) is 17.2. The Morgan fingerprint density at radius 1 is 0.800 bits per heavy atom. The van der Waals surface area contributed by atoms with E-state index in [2.05, 4.69) is 48.5 Å². The van der Waals surface area contributed by atoms with E-state index in [1.165, 1.54) is 22.3 Å². The monoisotopic (exact) mass is 212 g/mol. The first-order chi connectivity index (χ1) is 7.36. The van der Waals surface area contributed by atoms with Gasteiger partial charge >= 0.3 is 0 Å². The van der Waals surface area contributed by atoms with Crippen LogP contribution in [0.15, 0.2) is 48.5 Å². The highest BCUT2D eigenvalue weighted by Gasteiger charge is 2.21. The topological polar surface area (TPSA) is 0 Å². The number of rotatable bonds is 0. The Morgan fingerprint density at radius 2 is 1.27 bits per heavy atom. The number of thiol groups is 1. The molecule has 0 fully saturated rings. The summed E-state index contributed by atoms with van der Waals surface area (Å²) in [6.07, 6.45) is 1.05. The Balaban J connectivity index is 2.20. The fourth-order valence-electron chi connectivity index (χ4n) is 2.30. The summed E-state index contributed by atoms with van der Waals surface area (Å²) in [6.45, 7) is 0. The molecule has 2 aromatic rings. The third-order valence-electron chi connectivity index (χ3n) is 3.08. The zero-order valence-electron chi connectivity index (χ0n) is 8.35. The minimum Gasteiger partial charge on any atom is -0.166 e. The third-order valence-corrected chi connectivity index (χ3v) is 3.64. The van der Waals surface area contributed by atoms with Crippen LogP contribution in [0.4, 0.5) is 0 Å². The van der Waals surface area contributed by atoms with Crippen LogP contribution in [0.5, 0.6) is 0 Å². The third kappa shape index (κ3) is 1.38. The van der Waals surface area contributed by atoms with Crippen LogP contribution in [-0.2, 0) is 6.42 Å². The number of fused-ring (bicyclic) bond motifs is 2. The average Bonchev–Trinajstić information content (AvgIpc) is 2.30. The summed E-state index contributed by atoms with van der Waals surface area (Å²) in [7, 11) is 0. The van der Waals surface area contributed by atoms with Crippen LogP contribution in [0.2, 0.25) is 0 Å². The van der Waals surface area contributed by atoms with Gasteiger partial charge in [0.05, 0.1) is 5.25 Å². The molecule has 0 N–H and O–H groups in total. The highest BCUT2D eigenvalue weighted by molar-refractivity contribution is 7.80. The summed E-state index contributed by atoms with van der Waals surface area (Å²) < 4.78 is 0. The first-order valence-corrected chi connectivity index (χ1v) is 5.71. The van der Waals surface area contributed by atoms with E-state index < -0.39 is 0 Å². The molecule has 0 spiro atoms. The lowest BCUT2D eigenvalue weighted by Gasteiger charge is -2.24. The van der Waals surface area contributed by atoms with Gasteiger partial charge in [-0.2, -0.15) is 12.6 Å². The summed E-state index contributed by atoms with van der Waals surface area (Å²) in [4.78, 5) is 0. The summed E-state index contributed by atoms with van der Waals surface area (Å²) in [5.74, 6) is 0. The molecule has 0 saturated carbocycles. The van der Waals surface area contributed by atoms with Crippen LogP contribution in [0.1, 0.15) is 27.5 Å². The van der Waals surface area contributed by atoms with Crippen LogP contribution < -0.4 is 0 Å². The van der Waals surface area contributed by atoms with Gasteiger partial charge in [-0.05, 0) is 28.7 Å². The van der Waals surface area contributed by atoms with Crippen molar-refractivity contribution in [2.24, 2.45) is 0 Å². The number of benzene rings is 2. The Bertz CT molecular complexity index is 457. The molecule has 0 nitrogen and oxygen atoms in total. The van der Waals surface area contributed by atoms with Gasteiger partial charge in [-0.25, -0.2) is 0 Å². The highest BCUT2D eigenvalue weighted by Crippen LogP contribution is 2.38. The molecular formula is C14H12S. The van der Waals surface area contributed by atoms with Gasteiger partial charge in [-0.3, -0.25) is 0 Å². The molecule has 0 unspecified atom stereocenters. The first kappa shape index (κ1) is 9.05. The minimum atomic E-state index is 0.242. The second-order valence-corrected chi connectivity index (χ2v) is 4.49. The molecule has 0 heterocycles. The second kappa shape index (κ2) is 3.42. The Morgan fingerprint density at radius 3 is 1.80 bits per heavy atom. The first-order valence-electron chi connectivity index (χ1n) is 5.20. The van der Waals surface area contributed by atoms with Gasteiger partial charge < -0.3 is 0 Å². The van der Waals surface area contributed by atoms with E-state index in [1.54, 1.807) is 0 Å². The van der Waals surface area contributed by atoms with Crippen molar-refractivity contribution in [2.75, 3.05) is 0 Å². The van der Waals surface area contributed by atoms with Gasteiger partial charge in [0.15, 0.2) is 0 Å². The fraction of sp³-hybridized carbons (Fsp3) is 0.143. The van der Waals surface area contributed by atoms with Gasteiger partial charge in [-0.1, -0.05) is 48.5 Å². The van der Waals surface area contributed by atoms with E-state index in [1.807, 2.05) is 0 Å². The standard InChI is InChI=1S/C14H12S/c15-14-12-7-3-1-5-10(12)9-11-6-2-4-8-13(11)14/h1-8,14-15H,9H2. The van der Waals surface area contributed by atoms with Crippen molar-refractivity contribution in [3.05, 3.63) is 70.8 Å². The van der Waals surface area contributed by atoms with Crippen molar-refractivity contribution in [3.8, 4) is 0 Å². The maximum absolute atomic E-state index is 4.72. The van der Waals surface area contributed by atoms with Gasteiger partial charge in [0, 0.05) is 0 Å². The van der Waals surface area contributed by atoms with E-state index in [0.717, 1.165) is 6.42 Å². The molecule has 3 rings (SSSR count). The molecule has 15 heavy (non-hydrogen) atoms. The quantitative estimate of drug-likeness (QED) is 0.634. The number of hydrogen-bond acceptors (Lipinski definition) is 1. The predicted molar refractivity (Wildman–Crippen MR) is 66.5 cm³/mol. The highest BCUT2D eigenvalue weighted by atomic mass is 32.1. The molecular weight excluding hydrogens is 200 g/mol. The molecule has 0 aliphatic heterocycles. The molecule has 2 aromatic carbocycles. The molecule has 1 aliphatic carbocycles. The van der Waals surface area contributed by atoms with Crippen molar-refractivity contribution < 1.29 is 0 Å². The summed E-state index contributed by atoms with van der Waals surface area (Å²) in [5.41, 5.74) is 5.55.